The summed E-state index contributed by atoms with van der Waals surface area (Å²) in [5.74, 6) is 0. The lowest BCUT2D eigenvalue weighted by atomic mass is 9.96. The first-order valence-corrected chi connectivity index (χ1v) is 12.5. The van der Waals surface area contributed by atoms with Gasteiger partial charge in [-0.1, -0.05) is 41.9 Å². The highest BCUT2D eigenvalue weighted by Crippen LogP contribution is 2.42. The molecule has 0 aliphatic carbocycles. The first-order chi connectivity index (χ1) is 18.6. The van der Waals surface area contributed by atoms with Crippen LogP contribution in [0.5, 0.6) is 0 Å². The minimum atomic E-state index is -0.646. The molecule has 1 amide bonds. The number of nitrogens with zero attached hydrogens (tertiary/aromatic N) is 4. The van der Waals surface area contributed by atoms with Crippen molar-refractivity contribution in [2.75, 3.05) is 0 Å². The molecule has 39 heavy (non-hydrogen) atoms. The Labute approximate surface area is 229 Å². The minimum absolute atomic E-state index is 0.0544. The number of hydrogen-bond donors (Lipinski definition) is 2. The van der Waals surface area contributed by atoms with Gasteiger partial charge in [-0.25, -0.2) is 14.7 Å². The molecule has 2 heterocycles. The van der Waals surface area contributed by atoms with E-state index >= 15 is 0 Å². The van der Waals surface area contributed by atoms with E-state index in [0.29, 0.717) is 32.7 Å². The number of aromatic nitrogens is 4. The van der Waals surface area contributed by atoms with Gasteiger partial charge in [0.05, 0.1) is 36.1 Å². The molecule has 10 heteroatoms. The van der Waals surface area contributed by atoms with Crippen LogP contribution >= 0.6 is 11.6 Å². The van der Waals surface area contributed by atoms with Crippen LogP contribution in [0.1, 0.15) is 26.5 Å². The number of alkyl carbamates (subject to hydrolysis) is 1. The number of nitrogens with one attached hydrogen (secondary N) is 2. The van der Waals surface area contributed by atoms with E-state index in [1.165, 1.54) is 0 Å². The van der Waals surface area contributed by atoms with E-state index in [2.05, 4.69) is 25.5 Å². The summed E-state index contributed by atoms with van der Waals surface area (Å²) in [6.07, 6.45) is 1.14. The largest absolute Gasteiger partial charge is 0.444 e. The fourth-order valence-corrected chi connectivity index (χ4v) is 4.81. The van der Waals surface area contributed by atoms with Crippen LogP contribution in [-0.4, -0.2) is 31.7 Å². The van der Waals surface area contributed by atoms with Crippen molar-refractivity contribution in [2.45, 2.75) is 32.9 Å². The van der Waals surface area contributed by atoms with Crippen LogP contribution in [0.3, 0.4) is 0 Å². The van der Waals surface area contributed by atoms with Gasteiger partial charge in [0, 0.05) is 28.6 Å². The number of rotatable bonds is 4. The minimum Gasteiger partial charge on any atom is -0.444 e. The van der Waals surface area contributed by atoms with Crippen LogP contribution in [0.2, 0.25) is 5.02 Å². The van der Waals surface area contributed by atoms with Crippen molar-refractivity contribution in [1.29, 1.82) is 0 Å². The Morgan fingerprint density at radius 2 is 1.87 bits per heavy atom. The maximum absolute atomic E-state index is 12.5. The molecule has 2 N–H and O–H groups in total. The van der Waals surface area contributed by atoms with Gasteiger partial charge in [0.1, 0.15) is 5.60 Å². The predicted molar refractivity (Wildman–Crippen MR) is 152 cm³/mol. The summed E-state index contributed by atoms with van der Waals surface area (Å²) in [6, 6.07) is 14.7. The number of halogens is 1. The number of fused-ring (bicyclic) bond motifs is 2. The third-order valence-electron chi connectivity index (χ3n) is 6.26. The molecule has 9 nitrogen and oxygen atoms in total. The Morgan fingerprint density at radius 1 is 1.10 bits per heavy atom. The number of H-pyrrole nitrogens is 1. The molecule has 2 aromatic heterocycles. The number of aromatic amines is 1. The van der Waals surface area contributed by atoms with Crippen LogP contribution < -0.4 is 10.9 Å². The molecule has 0 saturated carbocycles. The van der Waals surface area contributed by atoms with E-state index < -0.39 is 11.7 Å². The highest BCUT2D eigenvalue weighted by molar-refractivity contribution is 6.36. The standard InChI is InChI=1S/C29H25ClN6O3/c1-29(2,3)39-28(38)32-15-24-21-13-16(9-10-19(21)27(37)35-34-24)22-14-33-36(5)26(22)20-12-11-17-18(25(20)31-4)7-6-8-23(17)30/h6-14H,15H2,1-3,5H3,(H,32,38)(H,35,37). The van der Waals surface area contributed by atoms with Crippen LogP contribution in [0, 0.1) is 6.57 Å². The SMILES string of the molecule is [C-]#[N+]c1c(-c2c(-c3ccc4c(=O)[nH]nc(CNC(=O)OC(C)(C)C)c4c3)cnn2C)ccc2c(Cl)cccc12. The molecular weight excluding hydrogens is 516 g/mol. The van der Waals surface area contributed by atoms with Gasteiger partial charge in [-0.05, 0) is 55.3 Å². The molecule has 0 bridgehead atoms. The zero-order valence-corrected chi connectivity index (χ0v) is 22.6. The highest BCUT2D eigenvalue weighted by atomic mass is 35.5. The number of benzene rings is 3. The summed E-state index contributed by atoms with van der Waals surface area (Å²) in [6.45, 7) is 13.3. The Bertz CT molecular complexity index is 1860. The van der Waals surface area contributed by atoms with Gasteiger partial charge in [-0.15, -0.1) is 0 Å². The number of hydrogen-bond acceptors (Lipinski definition) is 5. The molecule has 0 saturated heterocycles. The smallest absolute Gasteiger partial charge is 0.407 e. The maximum Gasteiger partial charge on any atom is 0.407 e. The van der Waals surface area contributed by atoms with Crippen molar-refractivity contribution < 1.29 is 9.53 Å². The molecule has 0 atom stereocenters. The lowest BCUT2D eigenvalue weighted by Crippen LogP contribution is -2.32. The average molecular weight is 541 g/mol. The summed E-state index contributed by atoms with van der Waals surface area (Å²) in [5.41, 5.74) is 2.97. The molecule has 0 fully saturated rings. The summed E-state index contributed by atoms with van der Waals surface area (Å²) in [5, 5.41) is 17.0. The number of carbonyl (C=O) groups excluding carboxylic acids is 1. The van der Waals surface area contributed by atoms with Gasteiger partial charge in [0.25, 0.3) is 5.56 Å². The number of aryl methyl sites for hydroxylation is 1. The maximum atomic E-state index is 12.5. The van der Waals surface area contributed by atoms with Crippen molar-refractivity contribution in [3.8, 4) is 22.4 Å². The number of amides is 1. The molecule has 0 aliphatic rings. The fraction of sp³-hybridized carbons (Fsp3) is 0.207. The third-order valence-corrected chi connectivity index (χ3v) is 6.59. The lowest BCUT2D eigenvalue weighted by molar-refractivity contribution is 0.0523. The summed E-state index contributed by atoms with van der Waals surface area (Å²) < 4.78 is 7.05. The fourth-order valence-electron chi connectivity index (χ4n) is 4.58. The Morgan fingerprint density at radius 3 is 2.62 bits per heavy atom. The Kier molecular flexibility index (Phi) is 6.58. The second-order valence-corrected chi connectivity index (χ2v) is 10.5. The van der Waals surface area contributed by atoms with Crippen molar-refractivity contribution in [3.63, 3.8) is 0 Å². The van der Waals surface area contributed by atoms with Crippen LogP contribution in [0.25, 0.3) is 48.8 Å². The second-order valence-electron chi connectivity index (χ2n) is 10.1. The van der Waals surface area contributed by atoms with E-state index in [0.717, 1.165) is 27.6 Å². The van der Waals surface area contributed by atoms with Gasteiger partial charge < -0.3 is 10.1 Å². The van der Waals surface area contributed by atoms with Crippen LogP contribution in [0.4, 0.5) is 10.5 Å². The number of ether oxygens (including phenoxy) is 1. The molecule has 5 aromatic rings. The Balaban J connectivity index is 1.62. The van der Waals surface area contributed by atoms with E-state index in [1.54, 1.807) is 43.8 Å². The first-order valence-electron chi connectivity index (χ1n) is 12.2. The zero-order valence-electron chi connectivity index (χ0n) is 21.8. The summed E-state index contributed by atoms with van der Waals surface area (Å²) in [4.78, 5) is 28.6. The third kappa shape index (κ3) is 4.94. The van der Waals surface area contributed by atoms with Crippen molar-refractivity contribution in [3.05, 3.63) is 87.2 Å². The molecule has 0 spiro atoms. The molecule has 0 unspecified atom stereocenters. The zero-order chi connectivity index (χ0) is 27.9. The first kappa shape index (κ1) is 25.9. The summed E-state index contributed by atoms with van der Waals surface area (Å²) in [7, 11) is 1.82. The number of carbonyl (C=O) groups is 1. The quantitative estimate of drug-likeness (QED) is 0.257. The van der Waals surface area contributed by atoms with E-state index in [-0.39, 0.29) is 12.1 Å². The Hall–Kier alpha value is -4.68. The normalized spacial score (nSPS) is 11.5. The van der Waals surface area contributed by atoms with Gasteiger partial charge in [-0.2, -0.15) is 10.2 Å². The lowest BCUT2D eigenvalue weighted by Gasteiger charge is -2.19. The second kappa shape index (κ2) is 9.89. The molecule has 0 radical (unpaired) electrons. The van der Waals surface area contributed by atoms with Gasteiger partial charge in [-0.3, -0.25) is 9.48 Å². The molecule has 0 aliphatic heterocycles. The van der Waals surface area contributed by atoms with E-state index in [9.17, 15) is 9.59 Å². The van der Waals surface area contributed by atoms with Gasteiger partial charge >= 0.3 is 6.09 Å². The highest BCUT2D eigenvalue weighted by Gasteiger charge is 2.20. The average Bonchev–Trinajstić information content (AvgIpc) is 3.27. The van der Waals surface area contributed by atoms with E-state index in [4.69, 9.17) is 22.9 Å². The monoisotopic (exact) mass is 540 g/mol. The van der Waals surface area contributed by atoms with Crippen LogP contribution in [-0.2, 0) is 18.3 Å². The predicted octanol–water partition coefficient (Wildman–Crippen LogP) is 6.37. The molecule has 3 aromatic carbocycles. The van der Waals surface area contributed by atoms with Crippen molar-refractivity contribution in [2.24, 2.45) is 7.05 Å². The van der Waals surface area contributed by atoms with E-state index in [1.807, 2.05) is 43.4 Å². The molecule has 5 rings (SSSR count). The van der Waals surface area contributed by atoms with Crippen molar-refractivity contribution in [1.82, 2.24) is 25.3 Å². The van der Waals surface area contributed by atoms with Crippen LogP contribution in [0.15, 0.2) is 59.5 Å². The van der Waals surface area contributed by atoms with Gasteiger partial charge in [0.15, 0.2) is 0 Å². The van der Waals surface area contributed by atoms with Crippen molar-refractivity contribution >= 4 is 44.9 Å². The molecular formula is C29H25ClN6O3. The summed E-state index contributed by atoms with van der Waals surface area (Å²) >= 11 is 6.39. The molecule has 196 valence electrons. The topological polar surface area (TPSA) is 106 Å². The van der Waals surface area contributed by atoms with Gasteiger partial charge in [0.2, 0.25) is 5.69 Å².